The highest BCUT2D eigenvalue weighted by molar-refractivity contribution is 9.10. The summed E-state index contributed by atoms with van der Waals surface area (Å²) in [5.41, 5.74) is -4.05. The molecule has 1 amide bonds. The quantitative estimate of drug-likeness (QED) is 0.238. The number of thioether (sulfide) groups is 1. The molecule has 11 heteroatoms. The van der Waals surface area contributed by atoms with Crippen LogP contribution in [-0.2, 0) is 0 Å². The summed E-state index contributed by atoms with van der Waals surface area (Å²) in [6.07, 6.45) is -1.33. The predicted octanol–water partition coefficient (Wildman–Crippen LogP) is 6.07. The van der Waals surface area contributed by atoms with Crippen molar-refractivity contribution < 1.29 is 26.7 Å². The van der Waals surface area contributed by atoms with Crippen molar-refractivity contribution >= 4 is 44.8 Å². The summed E-state index contributed by atoms with van der Waals surface area (Å²) < 4.78 is 67.9. The Kier molecular flexibility index (Phi) is 7.36. The standard InChI is InChI=1S/C21H15BrF5N3OS/c1-28-19(31)12-6-7-16(14(10-12)18(23)24)29-8-2-4-13-11-17-15(22)5-3-9-30(17)20(13)32-21(25,26)27/h3,5-7,9-11,18,29H,8H2,1H3,(H,28,31). The highest BCUT2D eigenvalue weighted by Crippen LogP contribution is 2.40. The van der Waals surface area contributed by atoms with Crippen molar-refractivity contribution in [3.8, 4) is 11.8 Å². The Morgan fingerprint density at radius 1 is 1.25 bits per heavy atom. The lowest BCUT2D eigenvalue weighted by Gasteiger charge is -2.11. The molecule has 4 nitrogen and oxygen atoms in total. The molecule has 0 aliphatic rings. The van der Waals surface area contributed by atoms with Crippen molar-refractivity contribution in [3.63, 3.8) is 0 Å². The number of benzene rings is 1. The van der Waals surface area contributed by atoms with Crippen molar-refractivity contribution in [2.75, 3.05) is 18.9 Å². The number of carbonyl (C=O) groups is 1. The van der Waals surface area contributed by atoms with E-state index < -0.39 is 17.8 Å². The Morgan fingerprint density at radius 3 is 2.66 bits per heavy atom. The van der Waals surface area contributed by atoms with Crippen LogP contribution in [0, 0.1) is 11.8 Å². The van der Waals surface area contributed by atoms with Gasteiger partial charge in [-0.1, -0.05) is 11.8 Å². The smallest absolute Gasteiger partial charge is 0.374 e. The van der Waals surface area contributed by atoms with E-state index in [1.807, 2.05) is 0 Å². The number of hydrogen-bond acceptors (Lipinski definition) is 3. The summed E-state index contributed by atoms with van der Waals surface area (Å²) in [6.45, 7) is -0.0947. The van der Waals surface area contributed by atoms with Gasteiger partial charge in [-0.15, -0.1) is 0 Å². The summed E-state index contributed by atoms with van der Waals surface area (Å²) in [5.74, 6) is 4.86. The topological polar surface area (TPSA) is 45.5 Å². The minimum atomic E-state index is -4.51. The average molecular weight is 532 g/mol. The molecular formula is C21H15BrF5N3OS. The van der Waals surface area contributed by atoms with Crippen LogP contribution in [0.4, 0.5) is 27.6 Å². The molecule has 2 heterocycles. The number of carbonyl (C=O) groups excluding carboxylic acids is 1. The van der Waals surface area contributed by atoms with Gasteiger partial charge < -0.3 is 15.0 Å². The zero-order valence-electron chi connectivity index (χ0n) is 16.4. The lowest BCUT2D eigenvalue weighted by molar-refractivity contribution is -0.0329. The fourth-order valence-electron chi connectivity index (χ4n) is 2.91. The maximum atomic E-state index is 13.4. The lowest BCUT2D eigenvalue weighted by Crippen LogP contribution is -2.18. The van der Waals surface area contributed by atoms with E-state index >= 15 is 0 Å². The lowest BCUT2D eigenvalue weighted by atomic mass is 10.1. The van der Waals surface area contributed by atoms with Crippen LogP contribution in [0.25, 0.3) is 5.52 Å². The number of aromatic nitrogens is 1. The van der Waals surface area contributed by atoms with Gasteiger partial charge in [-0.2, -0.15) is 13.2 Å². The number of alkyl halides is 5. The second-order valence-corrected chi connectivity index (χ2v) is 8.27. The second kappa shape index (κ2) is 9.83. The molecule has 0 unspecified atom stereocenters. The van der Waals surface area contributed by atoms with Crippen LogP contribution in [0.3, 0.4) is 0 Å². The average Bonchev–Trinajstić information content (AvgIpc) is 3.07. The summed E-state index contributed by atoms with van der Waals surface area (Å²) in [7, 11) is 1.39. The third-order valence-corrected chi connectivity index (χ3v) is 5.80. The van der Waals surface area contributed by atoms with E-state index in [4.69, 9.17) is 0 Å². The van der Waals surface area contributed by atoms with Gasteiger partial charge in [0.15, 0.2) is 0 Å². The fraction of sp³-hybridized carbons (Fsp3) is 0.190. The van der Waals surface area contributed by atoms with Gasteiger partial charge in [0.1, 0.15) is 5.03 Å². The van der Waals surface area contributed by atoms with Crippen LogP contribution >= 0.6 is 27.7 Å². The van der Waals surface area contributed by atoms with Crippen LogP contribution in [0.5, 0.6) is 0 Å². The monoisotopic (exact) mass is 531 g/mol. The van der Waals surface area contributed by atoms with E-state index in [1.165, 1.54) is 35.8 Å². The number of amides is 1. The molecule has 3 aromatic rings. The maximum Gasteiger partial charge on any atom is 0.447 e. The number of nitrogens with one attached hydrogen (secondary N) is 2. The van der Waals surface area contributed by atoms with Crippen LogP contribution in [0.1, 0.15) is 27.9 Å². The molecule has 0 bridgehead atoms. The van der Waals surface area contributed by atoms with Gasteiger partial charge in [0.05, 0.1) is 17.6 Å². The first-order valence-corrected chi connectivity index (χ1v) is 10.6. The Bertz CT molecular complexity index is 1210. The zero-order valence-corrected chi connectivity index (χ0v) is 18.8. The van der Waals surface area contributed by atoms with E-state index in [0.717, 1.165) is 6.07 Å². The molecule has 0 spiro atoms. The molecule has 2 aromatic heterocycles. The summed E-state index contributed by atoms with van der Waals surface area (Å²) in [4.78, 5) is 11.7. The molecule has 0 radical (unpaired) electrons. The maximum absolute atomic E-state index is 13.4. The van der Waals surface area contributed by atoms with E-state index in [9.17, 15) is 26.7 Å². The van der Waals surface area contributed by atoms with E-state index in [0.29, 0.717) is 9.99 Å². The molecule has 0 aliphatic heterocycles. The molecule has 3 rings (SSSR count). The van der Waals surface area contributed by atoms with Gasteiger partial charge in [-0.3, -0.25) is 4.79 Å². The molecule has 1 aromatic carbocycles. The normalized spacial score (nSPS) is 11.4. The van der Waals surface area contributed by atoms with Gasteiger partial charge in [0, 0.05) is 46.3 Å². The first-order valence-electron chi connectivity index (χ1n) is 9.03. The van der Waals surface area contributed by atoms with Crippen LogP contribution in [0.15, 0.2) is 52.1 Å². The van der Waals surface area contributed by atoms with Gasteiger partial charge in [-0.25, -0.2) is 8.78 Å². The Labute approximate surface area is 192 Å². The molecule has 0 aliphatic carbocycles. The number of rotatable bonds is 5. The Morgan fingerprint density at radius 2 is 2.00 bits per heavy atom. The molecule has 168 valence electrons. The second-order valence-electron chi connectivity index (χ2n) is 6.36. The molecule has 32 heavy (non-hydrogen) atoms. The van der Waals surface area contributed by atoms with Gasteiger partial charge in [-0.05, 0) is 52.3 Å². The zero-order chi connectivity index (χ0) is 23.5. The third kappa shape index (κ3) is 5.55. The van der Waals surface area contributed by atoms with E-state index in [-0.39, 0.29) is 45.7 Å². The number of halogens is 6. The van der Waals surface area contributed by atoms with E-state index in [1.54, 1.807) is 12.1 Å². The van der Waals surface area contributed by atoms with Gasteiger partial charge >= 0.3 is 5.51 Å². The first kappa shape index (κ1) is 23.9. The van der Waals surface area contributed by atoms with Gasteiger partial charge in [0.2, 0.25) is 0 Å². The number of hydrogen-bond donors (Lipinski definition) is 2. The number of nitrogens with zero attached hydrogens (tertiary/aromatic N) is 1. The van der Waals surface area contributed by atoms with Crippen molar-refractivity contribution in [1.82, 2.24) is 9.72 Å². The molecular weight excluding hydrogens is 517 g/mol. The van der Waals surface area contributed by atoms with Crippen LogP contribution < -0.4 is 10.6 Å². The Hall–Kier alpha value is -2.71. The molecule has 0 atom stereocenters. The first-order chi connectivity index (χ1) is 15.1. The minimum absolute atomic E-state index is 0.0802. The Balaban J connectivity index is 1.86. The van der Waals surface area contributed by atoms with E-state index in [2.05, 4.69) is 38.4 Å². The SMILES string of the molecule is CNC(=O)c1ccc(NCC#Cc2cc3c(Br)cccn3c2SC(F)(F)F)c(C(F)F)c1. The minimum Gasteiger partial charge on any atom is -0.374 e. The summed E-state index contributed by atoms with van der Waals surface area (Å²) in [5, 5.41) is 5.00. The van der Waals surface area contributed by atoms with Crippen molar-refractivity contribution in [1.29, 1.82) is 0 Å². The van der Waals surface area contributed by atoms with Crippen LogP contribution in [-0.4, -0.2) is 29.4 Å². The highest BCUT2D eigenvalue weighted by atomic mass is 79.9. The number of anilines is 1. The van der Waals surface area contributed by atoms with Crippen molar-refractivity contribution in [2.24, 2.45) is 0 Å². The largest absolute Gasteiger partial charge is 0.447 e. The summed E-state index contributed by atoms with van der Waals surface area (Å²) in [6, 6.07) is 8.62. The summed E-state index contributed by atoms with van der Waals surface area (Å²) >= 11 is 3.03. The van der Waals surface area contributed by atoms with Crippen molar-refractivity contribution in [2.45, 2.75) is 17.0 Å². The number of fused-ring (bicyclic) bond motifs is 1. The van der Waals surface area contributed by atoms with Crippen LogP contribution in [0.2, 0.25) is 0 Å². The van der Waals surface area contributed by atoms with Crippen molar-refractivity contribution in [3.05, 3.63) is 63.8 Å². The van der Waals surface area contributed by atoms with Gasteiger partial charge in [0.25, 0.3) is 12.3 Å². The fourth-order valence-corrected chi connectivity index (χ4v) is 4.06. The molecule has 2 N–H and O–H groups in total. The molecule has 0 fully saturated rings. The number of pyridine rings is 1. The third-order valence-electron chi connectivity index (χ3n) is 4.29. The molecule has 0 saturated carbocycles. The predicted molar refractivity (Wildman–Crippen MR) is 117 cm³/mol. The molecule has 0 saturated heterocycles. The highest BCUT2D eigenvalue weighted by Gasteiger charge is 2.32.